The summed E-state index contributed by atoms with van der Waals surface area (Å²) in [6.07, 6.45) is 1.69. The van der Waals surface area contributed by atoms with Crippen molar-refractivity contribution in [2.75, 3.05) is 13.3 Å². The Balaban J connectivity index is 2.27. The van der Waals surface area contributed by atoms with E-state index in [1.807, 2.05) is 0 Å². The topological polar surface area (TPSA) is 82.8 Å². The number of carbonyl (C=O) groups excluding carboxylic acids is 1. The van der Waals surface area contributed by atoms with Crippen LogP contribution in [0, 0.1) is 0 Å². The zero-order chi connectivity index (χ0) is 8.55. The first-order valence-electron chi connectivity index (χ1n) is 3.58. The summed E-state index contributed by atoms with van der Waals surface area (Å²) in [6.45, 7) is 0.906. The fourth-order valence-corrected chi connectivity index (χ4v) is 1.22. The fraction of sp³-hybridized carbons (Fsp3) is 0.333. The number of hydrogen-bond acceptors (Lipinski definition) is 4. The molecule has 0 fully saturated rings. The van der Waals surface area contributed by atoms with Crippen LogP contribution in [0.5, 0.6) is 0 Å². The average Bonchev–Trinajstić information content (AvgIpc) is 2.47. The van der Waals surface area contributed by atoms with Crippen LogP contribution >= 0.6 is 0 Å². The average molecular weight is 167 g/mol. The van der Waals surface area contributed by atoms with Crippen molar-refractivity contribution in [3.8, 4) is 0 Å². The Labute approximate surface area is 69.1 Å². The molecule has 64 valence electrons. The van der Waals surface area contributed by atoms with Gasteiger partial charge in [0.1, 0.15) is 12.5 Å². The third-order valence-electron chi connectivity index (χ3n) is 1.78. The summed E-state index contributed by atoms with van der Waals surface area (Å²) in [5.74, 6) is 0.720. The maximum absolute atomic E-state index is 10.8. The Hall–Kier alpha value is -1.72. The van der Waals surface area contributed by atoms with E-state index in [1.165, 1.54) is 4.90 Å². The SMILES string of the molecule is NC(=O)N1CNC2=C1NCN=C2. The van der Waals surface area contributed by atoms with Crippen LogP contribution in [-0.2, 0) is 0 Å². The lowest BCUT2D eigenvalue weighted by atomic mass is 10.4. The number of primary amides is 1. The van der Waals surface area contributed by atoms with E-state index < -0.39 is 6.03 Å². The largest absolute Gasteiger partial charge is 0.363 e. The van der Waals surface area contributed by atoms with Crippen molar-refractivity contribution in [3.05, 3.63) is 11.5 Å². The predicted molar refractivity (Wildman–Crippen MR) is 42.9 cm³/mol. The van der Waals surface area contributed by atoms with E-state index in [0.717, 1.165) is 11.5 Å². The van der Waals surface area contributed by atoms with E-state index in [0.29, 0.717) is 13.3 Å². The second kappa shape index (κ2) is 2.40. The predicted octanol–water partition coefficient (Wildman–Crippen LogP) is -1.27. The van der Waals surface area contributed by atoms with Crippen LogP contribution in [0.25, 0.3) is 0 Å². The maximum Gasteiger partial charge on any atom is 0.321 e. The summed E-state index contributed by atoms with van der Waals surface area (Å²) in [7, 11) is 0. The molecule has 0 aromatic carbocycles. The van der Waals surface area contributed by atoms with Crippen LogP contribution in [0.3, 0.4) is 0 Å². The van der Waals surface area contributed by atoms with Crippen molar-refractivity contribution in [2.24, 2.45) is 10.7 Å². The zero-order valence-corrected chi connectivity index (χ0v) is 6.37. The van der Waals surface area contributed by atoms with Crippen LogP contribution in [0.4, 0.5) is 4.79 Å². The Bertz CT molecular complexity index is 282. The number of urea groups is 1. The minimum atomic E-state index is -0.463. The van der Waals surface area contributed by atoms with Gasteiger partial charge in [-0.1, -0.05) is 0 Å². The molecule has 2 heterocycles. The highest BCUT2D eigenvalue weighted by Gasteiger charge is 2.25. The van der Waals surface area contributed by atoms with Crippen molar-refractivity contribution in [3.63, 3.8) is 0 Å². The van der Waals surface area contributed by atoms with Gasteiger partial charge < -0.3 is 16.4 Å². The van der Waals surface area contributed by atoms with E-state index in [2.05, 4.69) is 15.6 Å². The lowest BCUT2D eigenvalue weighted by Gasteiger charge is -2.17. The molecule has 0 saturated carbocycles. The molecule has 0 aromatic rings. The third kappa shape index (κ3) is 0.884. The van der Waals surface area contributed by atoms with Gasteiger partial charge >= 0.3 is 6.03 Å². The smallest absolute Gasteiger partial charge is 0.321 e. The normalized spacial score (nSPS) is 20.2. The number of nitrogens with zero attached hydrogens (tertiary/aromatic N) is 2. The molecular formula is C6H9N5O. The zero-order valence-electron chi connectivity index (χ0n) is 6.37. The highest BCUT2D eigenvalue weighted by molar-refractivity contribution is 5.84. The molecule has 6 nitrogen and oxygen atoms in total. The van der Waals surface area contributed by atoms with E-state index >= 15 is 0 Å². The Morgan fingerprint density at radius 3 is 3.25 bits per heavy atom. The molecule has 2 aliphatic heterocycles. The minimum absolute atomic E-state index is 0.416. The van der Waals surface area contributed by atoms with Gasteiger partial charge in [-0.3, -0.25) is 9.89 Å². The number of amides is 2. The summed E-state index contributed by atoms with van der Waals surface area (Å²) >= 11 is 0. The van der Waals surface area contributed by atoms with Crippen molar-refractivity contribution in [2.45, 2.75) is 0 Å². The summed E-state index contributed by atoms with van der Waals surface area (Å²) in [6, 6.07) is -0.463. The van der Waals surface area contributed by atoms with Gasteiger partial charge in [-0.2, -0.15) is 0 Å². The highest BCUT2D eigenvalue weighted by Crippen LogP contribution is 2.12. The molecule has 0 saturated heterocycles. The van der Waals surface area contributed by atoms with Crippen molar-refractivity contribution in [1.82, 2.24) is 15.5 Å². The quantitative estimate of drug-likeness (QED) is 0.420. The van der Waals surface area contributed by atoms with Gasteiger partial charge in [0.2, 0.25) is 0 Å². The van der Waals surface area contributed by atoms with E-state index in [1.54, 1.807) is 6.21 Å². The van der Waals surface area contributed by atoms with E-state index in [9.17, 15) is 4.79 Å². The molecule has 2 amide bonds. The molecule has 0 aromatic heterocycles. The van der Waals surface area contributed by atoms with Crippen LogP contribution in [0.2, 0.25) is 0 Å². The molecule has 4 N–H and O–H groups in total. The van der Waals surface area contributed by atoms with Gasteiger partial charge in [0.25, 0.3) is 0 Å². The van der Waals surface area contributed by atoms with Gasteiger partial charge in [0.15, 0.2) is 0 Å². The number of allylic oxidation sites excluding steroid dienone is 1. The monoisotopic (exact) mass is 167 g/mol. The summed E-state index contributed by atoms with van der Waals surface area (Å²) in [5.41, 5.74) is 5.95. The van der Waals surface area contributed by atoms with Crippen molar-refractivity contribution < 1.29 is 4.79 Å². The minimum Gasteiger partial charge on any atom is -0.363 e. The van der Waals surface area contributed by atoms with Crippen LogP contribution in [0.15, 0.2) is 16.5 Å². The molecule has 0 bridgehead atoms. The second-order valence-electron chi connectivity index (χ2n) is 2.51. The molecule has 6 heteroatoms. The first kappa shape index (κ1) is 6.96. The second-order valence-corrected chi connectivity index (χ2v) is 2.51. The highest BCUT2D eigenvalue weighted by atomic mass is 16.2. The van der Waals surface area contributed by atoms with Crippen LogP contribution in [-0.4, -0.2) is 30.5 Å². The van der Waals surface area contributed by atoms with Gasteiger partial charge in [0.05, 0.1) is 18.6 Å². The molecule has 0 unspecified atom stereocenters. The molecule has 12 heavy (non-hydrogen) atoms. The molecule has 2 rings (SSSR count). The molecular weight excluding hydrogens is 158 g/mol. The number of nitrogens with two attached hydrogens (primary N) is 1. The van der Waals surface area contributed by atoms with Gasteiger partial charge in [-0.05, 0) is 0 Å². The lowest BCUT2D eigenvalue weighted by Crippen LogP contribution is -2.39. The fourth-order valence-electron chi connectivity index (χ4n) is 1.22. The number of nitrogens with one attached hydrogen (secondary N) is 2. The van der Waals surface area contributed by atoms with E-state index in [4.69, 9.17) is 5.73 Å². The number of rotatable bonds is 0. The lowest BCUT2D eigenvalue weighted by molar-refractivity contribution is 0.220. The van der Waals surface area contributed by atoms with Crippen LogP contribution in [0.1, 0.15) is 0 Å². The van der Waals surface area contributed by atoms with Crippen molar-refractivity contribution >= 4 is 12.2 Å². The van der Waals surface area contributed by atoms with Gasteiger partial charge in [-0.15, -0.1) is 0 Å². The first-order valence-corrected chi connectivity index (χ1v) is 3.58. The molecule has 0 spiro atoms. The van der Waals surface area contributed by atoms with Crippen LogP contribution < -0.4 is 16.4 Å². The number of aliphatic imine (C=N–C) groups is 1. The number of hydrogen-bond donors (Lipinski definition) is 3. The Morgan fingerprint density at radius 1 is 1.67 bits per heavy atom. The molecule has 0 radical (unpaired) electrons. The molecule has 0 atom stereocenters. The number of carbonyl (C=O) groups is 1. The molecule has 2 aliphatic rings. The maximum atomic E-state index is 10.8. The van der Waals surface area contributed by atoms with E-state index in [-0.39, 0.29) is 0 Å². The Kier molecular flexibility index (Phi) is 1.39. The standard InChI is InChI=1S/C6H9N5O/c7-6(12)11-3-10-4-1-8-2-9-5(4)11/h1,9-10H,2-3H2,(H2,7,12). The first-order chi connectivity index (χ1) is 5.79. The third-order valence-corrected chi connectivity index (χ3v) is 1.78. The summed E-state index contributed by atoms with van der Waals surface area (Å²) in [4.78, 5) is 16.3. The van der Waals surface area contributed by atoms with Crippen molar-refractivity contribution in [1.29, 1.82) is 0 Å². The van der Waals surface area contributed by atoms with Gasteiger partial charge in [0, 0.05) is 0 Å². The summed E-state index contributed by atoms with van der Waals surface area (Å²) < 4.78 is 0. The molecule has 0 aliphatic carbocycles. The van der Waals surface area contributed by atoms with Gasteiger partial charge in [-0.25, -0.2) is 4.79 Å². The summed E-state index contributed by atoms with van der Waals surface area (Å²) in [5, 5.41) is 5.94. The Morgan fingerprint density at radius 2 is 2.50 bits per heavy atom.